The maximum absolute atomic E-state index is 2.69. The average Bonchev–Trinajstić information content (AvgIpc) is 2.43. The molecule has 0 aromatic rings. The Labute approximate surface area is 69.8 Å². The number of rotatable bonds is 1. The molecule has 2 aliphatic rings. The van der Waals surface area contributed by atoms with Crippen LogP contribution < -0.4 is 0 Å². The van der Waals surface area contributed by atoms with E-state index in [1.54, 1.807) is 0 Å². The summed E-state index contributed by atoms with van der Waals surface area (Å²) in [5.41, 5.74) is 0. The molecule has 0 aromatic carbocycles. The zero-order valence-corrected chi connectivity index (χ0v) is 7.88. The fourth-order valence-electron chi connectivity index (χ4n) is 2.88. The molecule has 1 saturated heterocycles. The van der Waals surface area contributed by atoms with Crippen molar-refractivity contribution in [3.63, 3.8) is 0 Å². The van der Waals surface area contributed by atoms with E-state index < -0.39 is 0 Å². The first-order valence-corrected chi connectivity index (χ1v) is 4.94. The van der Waals surface area contributed by atoms with Gasteiger partial charge in [-0.3, -0.25) is 4.90 Å². The molecule has 1 aliphatic heterocycles. The van der Waals surface area contributed by atoms with Crippen molar-refractivity contribution in [2.45, 2.75) is 45.7 Å². The van der Waals surface area contributed by atoms with Crippen LogP contribution in [-0.4, -0.2) is 23.5 Å². The highest BCUT2D eigenvalue weighted by Crippen LogP contribution is 2.42. The second-order valence-corrected chi connectivity index (χ2v) is 4.65. The van der Waals surface area contributed by atoms with Gasteiger partial charge < -0.3 is 0 Å². The third-order valence-corrected chi connectivity index (χ3v) is 3.60. The third kappa shape index (κ3) is 1.10. The number of likely N-dealkylation sites (tertiary alicyclic amines) is 1. The molecule has 2 bridgehead atoms. The average molecular weight is 153 g/mol. The number of fused-ring (bicyclic) bond motifs is 2. The first-order chi connectivity index (χ1) is 5.18. The van der Waals surface area contributed by atoms with Gasteiger partial charge >= 0.3 is 0 Å². The maximum Gasteiger partial charge on any atom is 0.0104 e. The van der Waals surface area contributed by atoms with Gasteiger partial charge in [0.25, 0.3) is 0 Å². The van der Waals surface area contributed by atoms with E-state index in [4.69, 9.17) is 0 Å². The van der Waals surface area contributed by atoms with Gasteiger partial charge in [0.2, 0.25) is 0 Å². The van der Waals surface area contributed by atoms with Gasteiger partial charge in [0.1, 0.15) is 0 Å². The van der Waals surface area contributed by atoms with Crippen LogP contribution in [0.15, 0.2) is 0 Å². The molecule has 3 atom stereocenters. The Bertz CT molecular complexity index is 151. The molecular formula is C10H19N. The van der Waals surface area contributed by atoms with Crippen molar-refractivity contribution in [2.75, 3.05) is 6.54 Å². The van der Waals surface area contributed by atoms with Gasteiger partial charge in [-0.15, -0.1) is 0 Å². The Morgan fingerprint density at radius 1 is 1.27 bits per heavy atom. The van der Waals surface area contributed by atoms with Gasteiger partial charge in [-0.1, -0.05) is 6.92 Å². The van der Waals surface area contributed by atoms with Crippen LogP contribution in [-0.2, 0) is 0 Å². The van der Waals surface area contributed by atoms with Crippen LogP contribution in [0, 0.1) is 11.8 Å². The minimum atomic E-state index is 0.775. The van der Waals surface area contributed by atoms with E-state index in [0.717, 1.165) is 23.9 Å². The van der Waals surface area contributed by atoms with Crippen LogP contribution in [0.5, 0.6) is 0 Å². The molecule has 2 rings (SSSR count). The summed E-state index contributed by atoms with van der Waals surface area (Å²) in [5, 5.41) is 0. The van der Waals surface area contributed by atoms with Crippen LogP contribution in [0.2, 0.25) is 0 Å². The zero-order chi connectivity index (χ0) is 8.01. The summed E-state index contributed by atoms with van der Waals surface area (Å²) in [4.78, 5) is 2.69. The quantitative estimate of drug-likeness (QED) is 0.558. The third-order valence-electron chi connectivity index (χ3n) is 3.60. The summed E-state index contributed by atoms with van der Waals surface area (Å²) in [7, 11) is 0. The minimum absolute atomic E-state index is 0.775. The summed E-state index contributed by atoms with van der Waals surface area (Å²) in [6, 6.07) is 1.72. The Balaban J connectivity index is 2.02. The Morgan fingerprint density at radius 2 is 2.00 bits per heavy atom. The van der Waals surface area contributed by atoms with Crippen LogP contribution in [0.3, 0.4) is 0 Å². The molecule has 64 valence electrons. The normalized spacial score (nSPS) is 44.2. The zero-order valence-electron chi connectivity index (χ0n) is 7.88. The topological polar surface area (TPSA) is 3.24 Å². The van der Waals surface area contributed by atoms with Crippen molar-refractivity contribution in [3.8, 4) is 0 Å². The lowest BCUT2D eigenvalue weighted by atomic mass is 9.96. The van der Waals surface area contributed by atoms with E-state index in [9.17, 15) is 0 Å². The smallest absolute Gasteiger partial charge is 0.0104 e. The lowest BCUT2D eigenvalue weighted by Gasteiger charge is -2.32. The van der Waals surface area contributed by atoms with E-state index in [1.807, 2.05) is 0 Å². The molecular weight excluding hydrogens is 134 g/mol. The van der Waals surface area contributed by atoms with Gasteiger partial charge in [0.15, 0.2) is 0 Å². The van der Waals surface area contributed by atoms with Gasteiger partial charge in [0.05, 0.1) is 0 Å². The number of hydrogen-bond donors (Lipinski definition) is 0. The van der Waals surface area contributed by atoms with E-state index >= 15 is 0 Å². The van der Waals surface area contributed by atoms with Crippen molar-refractivity contribution in [1.82, 2.24) is 4.90 Å². The van der Waals surface area contributed by atoms with E-state index in [-0.39, 0.29) is 0 Å². The lowest BCUT2D eigenvalue weighted by Crippen LogP contribution is -2.39. The molecule has 0 N–H and O–H groups in total. The summed E-state index contributed by atoms with van der Waals surface area (Å²) in [5.74, 6) is 2.04. The van der Waals surface area contributed by atoms with Crippen LogP contribution in [0.4, 0.5) is 0 Å². The largest absolute Gasteiger partial charge is 0.298 e. The van der Waals surface area contributed by atoms with Gasteiger partial charge in [-0.2, -0.15) is 0 Å². The second-order valence-electron chi connectivity index (χ2n) is 4.65. The molecule has 1 heteroatoms. The molecule has 0 spiro atoms. The Hall–Kier alpha value is -0.0400. The van der Waals surface area contributed by atoms with Gasteiger partial charge in [-0.25, -0.2) is 0 Å². The molecule has 1 aliphatic carbocycles. The number of hydrogen-bond acceptors (Lipinski definition) is 1. The maximum atomic E-state index is 2.69. The predicted molar refractivity (Wildman–Crippen MR) is 47.5 cm³/mol. The number of piperidine rings is 1. The first-order valence-electron chi connectivity index (χ1n) is 4.94. The predicted octanol–water partition coefficient (Wildman–Crippen LogP) is 2.13. The summed E-state index contributed by atoms with van der Waals surface area (Å²) in [6.45, 7) is 8.45. The summed E-state index contributed by atoms with van der Waals surface area (Å²) < 4.78 is 0. The molecule has 2 fully saturated rings. The first kappa shape index (κ1) is 7.60. The SMILES string of the molecule is CC1C[C@@H]2CC1CN2C(C)C. The van der Waals surface area contributed by atoms with E-state index in [1.165, 1.54) is 19.4 Å². The van der Waals surface area contributed by atoms with E-state index in [0.29, 0.717) is 0 Å². The molecule has 11 heavy (non-hydrogen) atoms. The summed E-state index contributed by atoms with van der Waals surface area (Å²) in [6.07, 6.45) is 2.95. The van der Waals surface area contributed by atoms with Crippen molar-refractivity contribution in [3.05, 3.63) is 0 Å². The standard InChI is InChI=1S/C10H19N/c1-7(2)11-6-9-5-10(11)4-8(9)3/h7-10H,4-6H2,1-3H3/t8?,9?,10-/m1/s1. The molecule has 1 heterocycles. The van der Waals surface area contributed by atoms with Crippen molar-refractivity contribution >= 4 is 0 Å². The molecule has 0 radical (unpaired) electrons. The highest BCUT2D eigenvalue weighted by atomic mass is 15.2. The van der Waals surface area contributed by atoms with Crippen LogP contribution >= 0.6 is 0 Å². The number of nitrogens with zero attached hydrogens (tertiary/aromatic N) is 1. The highest BCUT2D eigenvalue weighted by Gasteiger charge is 2.42. The Kier molecular flexibility index (Phi) is 1.71. The monoisotopic (exact) mass is 153 g/mol. The molecule has 0 amide bonds. The molecule has 1 nitrogen and oxygen atoms in total. The van der Waals surface area contributed by atoms with Crippen molar-refractivity contribution < 1.29 is 0 Å². The van der Waals surface area contributed by atoms with Crippen LogP contribution in [0.25, 0.3) is 0 Å². The van der Waals surface area contributed by atoms with Crippen LogP contribution in [0.1, 0.15) is 33.6 Å². The second kappa shape index (κ2) is 2.48. The molecule has 1 saturated carbocycles. The Morgan fingerprint density at radius 3 is 2.36 bits per heavy atom. The van der Waals surface area contributed by atoms with Gasteiger partial charge in [-0.05, 0) is 38.5 Å². The molecule has 2 unspecified atom stereocenters. The summed E-state index contributed by atoms with van der Waals surface area (Å²) >= 11 is 0. The highest BCUT2D eigenvalue weighted by molar-refractivity contribution is 4.96. The van der Waals surface area contributed by atoms with E-state index in [2.05, 4.69) is 25.7 Å². The van der Waals surface area contributed by atoms with Crippen molar-refractivity contribution in [2.24, 2.45) is 11.8 Å². The van der Waals surface area contributed by atoms with Gasteiger partial charge in [0, 0.05) is 18.6 Å². The fraction of sp³-hybridized carbons (Fsp3) is 1.00. The lowest BCUT2D eigenvalue weighted by molar-refractivity contribution is 0.145. The fourth-order valence-corrected chi connectivity index (χ4v) is 2.88. The minimum Gasteiger partial charge on any atom is -0.298 e. The molecule has 0 aromatic heterocycles. The van der Waals surface area contributed by atoms with Crippen molar-refractivity contribution in [1.29, 1.82) is 0 Å².